The fourth-order valence-corrected chi connectivity index (χ4v) is 2.74. The van der Waals surface area contributed by atoms with Gasteiger partial charge in [-0.3, -0.25) is 4.79 Å². The van der Waals surface area contributed by atoms with E-state index in [1.807, 2.05) is 6.92 Å². The highest BCUT2D eigenvalue weighted by atomic mass is 16.5. The number of nitrogens with zero attached hydrogens (tertiary/aromatic N) is 2. The van der Waals surface area contributed by atoms with E-state index in [2.05, 4.69) is 5.16 Å². The summed E-state index contributed by atoms with van der Waals surface area (Å²) >= 11 is 0. The molecule has 1 rings (SSSR count). The van der Waals surface area contributed by atoms with Gasteiger partial charge in [-0.05, 0) is 18.8 Å². The number of amides is 1. The highest BCUT2D eigenvalue weighted by molar-refractivity contribution is 6.07. The van der Waals surface area contributed by atoms with Crippen molar-refractivity contribution in [2.24, 2.45) is 22.2 Å². The van der Waals surface area contributed by atoms with Crippen LogP contribution >= 0.6 is 0 Å². The van der Waals surface area contributed by atoms with E-state index in [1.165, 1.54) is 0 Å². The molecular formula is C13H25N3O4. The molecule has 0 bridgehead atoms. The summed E-state index contributed by atoms with van der Waals surface area (Å²) in [6.45, 7) is 3.86. The van der Waals surface area contributed by atoms with Crippen molar-refractivity contribution in [1.29, 1.82) is 0 Å². The first-order chi connectivity index (χ1) is 9.51. The van der Waals surface area contributed by atoms with E-state index >= 15 is 0 Å². The van der Waals surface area contributed by atoms with Crippen molar-refractivity contribution in [3.05, 3.63) is 0 Å². The molecular weight excluding hydrogens is 262 g/mol. The first-order valence-electron chi connectivity index (χ1n) is 6.77. The number of oxime groups is 1. The number of amidine groups is 1. The first kappa shape index (κ1) is 16.7. The fraction of sp³-hybridized carbons (Fsp3) is 0.846. The maximum atomic E-state index is 12.7. The Hall–Kier alpha value is -1.34. The number of carbonyl (C=O) groups is 1. The Bertz CT molecular complexity index is 346. The van der Waals surface area contributed by atoms with Gasteiger partial charge >= 0.3 is 0 Å². The van der Waals surface area contributed by atoms with Gasteiger partial charge in [-0.2, -0.15) is 0 Å². The van der Waals surface area contributed by atoms with Crippen molar-refractivity contribution in [2.45, 2.75) is 19.8 Å². The molecule has 0 aromatic rings. The summed E-state index contributed by atoms with van der Waals surface area (Å²) in [7, 11) is 3.17. The normalized spacial score (nSPS) is 26.1. The first-order valence-corrected chi connectivity index (χ1v) is 6.77. The number of hydrogen-bond donors (Lipinski definition) is 2. The molecule has 0 aliphatic heterocycles. The molecule has 116 valence electrons. The quantitative estimate of drug-likeness (QED) is 0.289. The zero-order valence-corrected chi connectivity index (χ0v) is 12.5. The van der Waals surface area contributed by atoms with Crippen LogP contribution in [0.1, 0.15) is 19.8 Å². The van der Waals surface area contributed by atoms with E-state index < -0.39 is 5.41 Å². The van der Waals surface area contributed by atoms with Crippen molar-refractivity contribution in [2.75, 3.05) is 40.5 Å². The van der Waals surface area contributed by atoms with Crippen LogP contribution in [0.5, 0.6) is 0 Å². The standard InChI is InChI=1S/C13H25N3O4/c1-10-8-13(9-10,11(14)15-18)12(17)16(4-6-19-2)5-7-20-3/h10,18H,4-9H2,1-3H3,(H2,14,15). The molecule has 0 saturated heterocycles. The van der Waals surface area contributed by atoms with Crippen molar-refractivity contribution in [3.63, 3.8) is 0 Å². The number of rotatable bonds is 8. The lowest BCUT2D eigenvalue weighted by Crippen LogP contribution is -2.58. The van der Waals surface area contributed by atoms with Crippen LogP contribution in [0.3, 0.4) is 0 Å². The summed E-state index contributed by atoms with van der Waals surface area (Å²) in [5.41, 5.74) is 4.90. The van der Waals surface area contributed by atoms with E-state index in [9.17, 15) is 4.79 Å². The SMILES string of the molecule is COCCN(CCOC)C(=O)C1(C(N)=NO)CC(C)C1. The lowest BCUT2D eigenvalue weighted by Gasteiger charge is -2.46. The summed E-state index contributed by atoms with van der Waals surface area (Å²) in [5.74, 6) is 0.284. The number of ether oxygens (including phenoxy) is 2. The number of nitrogens with two attached hydrogens (primary N) is 1. The number of hydrogen-bond acceptors (Lipinski definition) is 5. The Kier molecular flexibility index (Phi) is 6.22. The molecule has 1 aliphatic carbocycles. The molecule has 7 heteroatoms. The van der Waals surface area contributed by atoms with E-state index in [0.717, 1.165) is 0 Å². The van der Waals surface area contributed by atoms with Crippen molar-refractivity contribution in [1.82, 2.24) is 4.90 Å². The molecule has 1 amide bonds. The fourth-order valence-electron chi connectivity index (χ4n) is 2.74. The Morgan fingerprint density at radius 3 is 2.20 bits per heavy atom. The topological polar surface area (TPSA) is 97.4 Å². The summed E-state index contributed by atoms with van der Waals surface area (Å²) in [6.07, 6.45) is 1.22. The third-order valence-electron chi connectivity index (χ3n) is 3.82. The highest BCUT2D eigenvalue weighted by Crippen LogP contribution is 2.47. The van der Waals surface area contributed by atoms with E-state index in [0.29, 0.717) is 45.1 Å². The molecule has 0 atom stereocenters. The Morgan fingerprint density at radius 1 is 1.35 bits per heavy atom. The molecule has 1 saturated carbocycles. The van der Waals surface area contributed by atoms with Crippen LogP contribution in [-0.2, 0) is 14.3 Å². The molecule has 0 heterocycles. The van der Waals surface area contributed by atoms with E-state index in [-0.39, 0.29) is 11.7 Å². The van der Waals surface area contributed by atoms with Gasteiger partial charge in [0.1, 0.15) is 5.41 Å². The van der Waals surface area contributed by atoms with Crippen LogP contribution in [0, 0.1) is 11.3 Å². The van der Waals surface area contributed by atoms with Crippen molar-refractivity contribution < 1.29 is 19.5 Å². The van der Waals surface area contributed by atoms with Crippen molar-refractivity contribution in [3.8, 4) is 0 Å². The van der Waals surface area contributed by atoms with Crippen molar-refractivity contribution >= 4 is 11.7 Å². The predicted octanol–water partition coefficient (Wildman–Crippen LogP) is 0.271. The molecule has 3 N–H and O–H groups in total. The maximum Gasteiger partial charge on any atom is 0.236 e. The minimum atomic E-state index is -0.865. The van der Waals surface area contributed by atoms with Gasteiger partial charge in [0.25, 0.3) is 0 Å². The molecule has 0 unspecified atom stereocenters. The molecule has 0 aromatic carbocycles. The number of methoxy groups -OCH3 is 2. The molecule has 0 radical (unpaired) electrons. The molecule has 0 spiro atoms. The zero-order valence-electron chi connectivity index (χ0n) is 12.5. The van der Waals surface area contributed by atoms with Gasteiger partial charge in [-0.15, -0.1) is 0 Å². The van der Waals surface area contributed by atoms with Gasteiger partial charge in [0.05, 0.1) is 13.2 Å². The number of carbonyl (C=O) groups excluding carboxylic acids is 1. The lowest BCUT2D eigenvalue weighted by atomic mass is 9.61. The Labute approximate surface area is 119 Å². The minimum Gasteiger partial charge on any atom is -0.409 e. The van der Waals surface area contributed by atoms with Crippen LogP contribution in [0.4, 0.5) is 0 Å². The van der Waals surface area contributed by atoms with Crippen LogP contribution < -0.4 is 5.73 Å². The lowest BCUT2D eigenvalue weighted by molar-refractivity contribution is -0.145. The summed E-state index contributed by atoms with van der Waals surface area (Å²) in [6, 6.07) is 0. The van der Waals surface area contributed by atoms with E-state index in [4.69, 9.17) is 20.4 Å². The minimum absolute atomic E-state index is 0.000402. The van der Waals surface area contributed by atoms with Gasteiger partial charge in [0.2, 0.25) is 5.91 Å². The molecule has 1 fully saturated rings. The second-order valence-electron chi connectivity index (χ2n) is 5.36. The predicted molar refractivity (Wildman–Crippen MR) is 74.6 cm³/mol. The van der Waals surface area contributed by atoms with Gasteiger partial charge in [-0.25, -0.2) is 0 Å². The highest BCUT2D eigenvalue weighted by Gasteiger charge is 2.53. The largest absolute Gasteiger partial charge is 0.409 e. The molecule has 7 nitrogen and oxygen atoms in total. The third kappa shape index (κ3) is 3.40. The average Bonchev–Trinajstić information content (AvgIpc) is 2.42. The third-order valence-corrected chi connectivity index (χ3v) is 3.82. The van der Waals surface area contributed by atoms with Gasteiger partial charge in [0, 0.05) is 27.3 Å². The second-order valence-corrected chi connectivity index (χ2v) is 5.36. The van der Waals surface area contributed by atoms with Gasteiger partial charge < -0.3 is 25.3 Å². The molecule has 0 aromatic heterocycles. The second kappa shape index (κ2) is 7.44. The van der Waals surface area contributed by atoms with Crippen LogP contribution in [0.15, 0.2) is 5.16 Å². The van der Waals surface area contributed by atoms with Gasteiger partial charge in [0.15, 0.2) is 5.84 Å². The molecule has 1 aliphatic rings. The summed E-state index contributed by atoms with van der Waals surface area (Å²) in [4.78, 5) is 14.4. The zero-order chi connectivity index (χ0) is 15.2. The monoisotopic (exact) mass is 287 g/mol. The Balaban J connectivity index is 2.84. The van der Waals surface area contributed by atoms with E-state index in [1.54, 1.807) is 19.1 Å². The maximum absolute atomic E-state index is 12.7. The summed E-state index contributed by atoms with van der Waals surface area (Å²) in [5, 5.41) is 12.0. The molecule has 20 heavy (non-hydrogen) atoms. The average molecular weight is 287 g/mol. The Morgan fingerprint density at radius 2 is 1.85 bits per heavy atom. The van der Waals surface area contributed by atoms with Gasteiger partial charge in [-0.1, -0.05) is 12.1 Å². The smallest absolute Gasteiger partial charge is 0.236 e. The summed E-state index contributed by atoms with van der Waals surface area (Å²) < 4.78 is 10.1. The van der Waals surface area contributed by atoms with Crippen LogP contribution in [0.2, 0.25) is 0 Å². The van der Waals surface area contributed by atoms with Crippen LogP contribution in [-0.4, -0.2) is 62.4 Å². The van der Waals surface area contributed by atoms with Crippen LogP contribution in [0.25, 0.3) is 0 Å².